The highest BCUT2D eigenvalue weighted by Crippen LogP contribution is 2.63. The number of benzene rings is 7. The van der Waals surface area contributed by atoms with Crippen molar-refractivity contribution < 1.29 is 0 Å². The Bertz CT molecular complexity index is 3220. The Balaban J connectivity index is 1.16. The molecule has 0 bridgehead atoms. The molecule has 0 radical (unpaired) electrons. The van der Waals surface area contributed by atoms with Gasteiger partial charge in [-0.05, 0) is 80.4 Å². The van der Waals surface area contributed by atoms with Crippen molar-refractivity contribution in [2.45, 2.75) is 10.3 Å². The highest BCUT2D eigenvalue weighted by molar-refractivity contribution is 8.03. The summed E-state index contributed by atoms with van der Waals surface area (Å²) in [5, 5.41) is 1.11. The standard InChI is InChI=1S/C55H36N4S/c1-3-45-49(4-2)60-50-26-12-11-25-46(50)55(45)47-33-39(42-24-14-20-36-23-15-31-56-51(36)42)27-29-43(47)44-30-28-41(34-48(44)55)54-58-52(37-18-9-6-10-19-37)57-53(59-54)40-22-13-21-38(32-40)35-16-7-5-8-17-35/h3-34H,1-2H2. The highest BCUT2D eigenvalue weighted by atomic mass is 32.2. The van der Waals surface area contributed by atoms with E-state index in [2.05, 4.69) is 159 Å². The molecule has 2 aliphatic rings. The number of allylic oxidation sites excluding steroid dienone is 3. The molecule has 7 aromatic carbocycles. The molecule has 1 aliphatic carbocycles. The van der Waals surface area contributed by atoms with Crippen LogP contribution in [0.3, 0.4) is 0 Å². The van der Waals surface area contributed by atoms with Crippen molar-refractivity contribution in [1.82, 2.24) is 19.9 Å². The van der Waals surface area contributed by atoms with E-state index in [1.807, 2.05) is 48.7 Å². The van der Waals surface area contributed by atoms with Crippen LogP contribution in [0.5, 0.6) is 0 Å². The Hall–Kier alpha value is -7.47. The summed E-state index contributed by atoms with van der Waals surface area (Å²) in [6.07, 6.45) is 5.89. The molecule has 0 saturated carbocycles. The van der Waals surface area contributed by atoms with Gasteiger partial charge in [-0.3, -0.25) is 4.98 Å². The quantitative estimate of drug-likeness (QED) is 0.161. The van der Waals surface area contributed by atoms with Crippen LogP contribution < -0.4 is 0 Å². The average Bonchev–Trinajstić information content (AvgIpc) is 3.60. The first-order chi connectivity index (χ1) is 29.6. The van der Waals surface area contributed by atoms with Crippen LogP contribution in [0.25, 0.3) is 78.4 Å². The lowest BCUT2D eigenvalue weighted by Crippen LogP contribution is -2.32. The first-order valence-corrected chi connectivity index (χ1v) is 20.8. The van der Waals surface area contributed by atoms with Crippen molar-refractivity contribution >= 4 is 22.7 Å². The normalized spacial score (nSPS) is 15.1. The Labute approximate surface area is 353 Å². The Kier molecular flexibility index (Phi) is 8.57. The highest BCUT2D eigenvalue weighted by Gasteiger charge is 2.50. The Morgan fingerprint density at radius 2 is 1.02 bits per heavy atom. The molecule has 2 aromatic heterocycles. The monoisotopic (exact) mass is 784 g/mol. The molecular formula is C55H36N4S. The number of thioether (sulfide) groups is 1. The molecule has 0 fully saturated rings. The number of pyridine rings is 1. The van der Waals surface area contributed by atoms with Gasteiger partial charge in [0, 0.05) is 43.6 Å². The second kappa shape index (κ2) is 14.4. The van der Waals surface area contributed by atoms with E-state index in [1.165, 1.54) is 21.6 Å². The summed E-state index contributed by atoms with van der Waals surface area (Å²) in [7, 11) is 0. The third-order valence-electron chi connectivity index (χ3n) is 11.8. The Morgan fingerprint density at radius 3 is 1.75 bits per heavy atom. The van der Waals surface area contributed by atoms with Crippen molar-refractivity contribution in [2.75, 3.05) is 0 Å². The average molecular weight is 785 g/mol. The molecule has 1 aliphatic heterocycles. The van der Waals surface area contributed by atoms with E-state index in [-0.39, 0.29) is 0 Å². The number of aromatic nitrogens is 4. The van der Waals surface area contributed by atoms with Gasteiger partial charge in [0.2, 0.25) is 0 Å². The topological polar surface area (TPSA) is 51.6 Å². The molecule has 282 valence electrons. The SMILES string of the molecule is C=CC1=C(C=C)C2(c3ccccc3S1)c1cc(-c3nc(-c4ccccc4)nc(-c4cccc(-c5ccccc5)c4)n3)ccc1-c1ccc(-c3cccc4cccnc34)cc12. The maximum atomic E-state index is 5.26. The zero-order valence-corrected chi connectivity index (χ0v) is 33.4. The maximum absolute atomic E-state index is 5.26. The second-order valence-corrected chi connectivity index (χ2v) is 16.1. The number of hydrogen-bond acceptors (Lipinski definition) is 5. The van der Waals surface area contributed by atoms with E-state index in [0.29, 0.717) is 17.5 Å². The van der Waals surface area contributed by atoms with Crippen molar-refractivity contribution in [1.29, 1.82) is 0 Å². The van der Waals surface area contributed by atoms with Gasteiger partial charge in [-0.1, -0.05) is 183 Å². The predicted octanol–water partition coefficient (Wildman–Crippen LogP) is 13.8. The van der Waals surface area contributed by atoms with Crippen LogP contribution in [0.1, 0.15) is 16.7 Å². The minimum atomic E-state index is -0.704. The molecule has 9 aromatic rings. The summed E-state index contributed by atoms with van der Waals surface area (Å²) in [5.41, 5.74) is 14.5. The first kappa shape index (κ1) is 35.7. The zero-order chi connectivity index (χ0) is 40.2. The molecule has 4 nitrogen and oxygen atoms in total. The fourth-order valence-corrected chi connectivity index (χ4v) is 10.3. The van der Waals surface area contributed by atoms with Crippen molar-refractivity contribution in [3.05, 3.63) is 235 Å². The fraction of sp³-hybridized carbons (Fsp3) is 0.0182. The molecule has 3 heterocycles. The van der Waals surface area contributed by atoms with Gasteiger partial charge < -0.3 is 0 Å². The van der Waals surface area contributed by atoms with Crippen LogP contribution in [0.15, 0.2) is 223 Å². The van der Waals surface area contributed by atoms with E-state index in [0.717, 1.165) is 71.5 Å². The lowest BCUT2D eigenvalue weighted by Gasteiger charge is -2.40. The third kappa shape index (κ3) is 5.62. The second-order valence-electron chi connectivity index (χ2n) is 15.1. The molecule has 11 rings (SSSR count). The van der Waals surface area contributed by atoms with Gasteiger partial charge in [-0.15, -0.1) is 0 Å². The molecule has 0 amide bonds. The predicted molar refractivity (Wildman–Crippen MR) is 247 cm³/mol. The van der Waals surface area contributed by atoms with Crippen molar-refractivity contribution in [3.8, 4) is 67.5 Å². The summed E-state index contributed by atoms with van der Waals surface area (Å²) in [6.45, 7) is 8.81. The summed E-state index contributed by atoms with van der Waals surface area (Å²) >= 11 is 1.75. The number of para-hydroxylation sites is 1. The smallest absolute Gasteiger partial charge is 0.164 e. The van der Waals surface area contributed by atoms with Gasteiger partial charge in [0.1, 0.15) is 0 Å². The van der Waals surface area contributed by atoms with E-state index in [1.54, 1.807) is 11.8 Å². The number of fused-ring (bicyclic) bond motifs is 8. The van der Waals surface area contributed by atoms with Gasteiger partial charge >= 0.3 is 0 Å². The summed E-state index contributed by atoms with van der Waals surface area (Å²) in [5.74, 6) is 1.84. The molecule has 5 heteroatoms. The van der Waals surface area contributed by atoms with Crippen LogP contribution in [-0.4, -0.2) is 19.9 Å². The van der Waals surface area contributed by atoms with Gasteiger partial charge in [0.25, 0.3) is 0 Å². The van der Waals surface area contributed by atoms with E-state index in [4.69, 9.17) is 19.9 Å². The lowest BCUT2D eigenvalue weighted by molar-refractivity contribution is 0.742. The Morgan fingerprint density at radius 1 is 0.433 bits per heavy atom. The summed E-state index contributed by atoms with van der Waals surface area (Å²) < 4.78 is 0. The van der Waals surface area contributed by atoms with Crippen LogP contribution in [0, 0.1) is 0 Å². The minimum absolute atomic E-state index is 0.604. The first-order valence-electron chi connectivity index (χ1n) is 20.0. The van der Waals surface area contributed by atoms with Crippen LogP contribution in [0.2, 0.25) is 0 Å². The number of nitrogens with zero attached hydrogens (tertiary/aromatic N) is 4. The summed E-state index contributed by atoms with van der Waals surface area (Å²) in [6, 6.07) is 61.9. The van der Waals surface area contributed by atoms with Gasteiger partial charge in [-0.2, -0.15) is 0 Å². The van der Waals surface area contributed by atoms with E-state index in [9.17, 15) is 0 Å². The van der Waals surface area contributed by atoms with Crippen LogP contribution in [-0.2, 0) is 5.41 Å². The zero-order valence-electron chi connectivity index (χ0n) is 32.6. The minimum Gasteiger partial charge on any atom is -0.256 e. The maximum Gasteiger partial charge on any atom is 0.164 e. The number of rotatable bonds is 7. The molecule has 1 unspecified atom stereocenters. The molecule has 1 atom stereocenters. The molecule has 60 heavy (non-hydrogen) atoms. The molecule has 0 saturated heterocycles. The fourth-order valence-electron chi connectivity index (χ4n) is 9.14. The van der Waals surface area contributed by atoms with Gasteiger partial charge in [-0.25, -0.2) is 15.0 Å². The third-order valence-corrected chi connectivity index (χ3v) is 13.0. The lowest BCUT2D eigenvalue weighted by atomic mass is 9.66. The number of hydrogen-bond donors (Lipinski definition) is 0. The molecule has 1 spiro atoms. The van der Waals surface area contributed by atoms with E-state index < -0.39 is 5.41 Å². The van der Waals surface area contributed by atoms with Gasteiger partial charge in [0.15, 0.2) is 17.5 Å². The summed E-state index contributed by atoms with van der Waals surface area (Å²) in [4.78, 5) is 22.7. The molecular weight excluding hydrogens is 749 g/mol. The molecule has 0 N–H and O–H groups in total. The van der Waals surface area contributed by atoms with E-state index >= 15 is 0 Å². The van der Waals surface area contributed by atoms with Crippen LogP contribution in [0.4, 0.5) is 0 Å². The van der Waals surface area contributed by atoms with Crippen LogP contribution >= 0.6 is 11.8 Å². The van der Waals surface area contributed by atoms with Gasteiger partial charge in [0.05, 0.1) is 10.9 Å². The van der Waals surface area contributed by atoms with Crippen molar-refractivity contribution in [2.24, 2.45) is 0 Å². The largest absolute Gasteiger partial charge is 0.256 e. The van der Waals surface area contributed by atoms with Crippen molar-refractivity contribution in [3.63, 3.8) is 0 Å².